The van der Waals surface area contributed by atoms with E-state index in [-0.39, 0.29) is 0 Å². The monoisotopic (exact) mass is 235 g/mol. The van der Waals surface area contributed by atoms with Crippen LogP contribution in [-0.2, 0) is 5.88 Å². The zero-order chi connectivity index (χ0) is 8.27. The lowest BCUT2D eigenvalue weighted by Gasteiger charge is -2.03. The molecule has 60 valence electrons. The predicted molar refractivity (Wildman–Crippen MR) is 48.0 cm³/mol. The first-order chi connectivity index (χ1) is 5.27. The van der Waals surface area contributed by atoms with Crippen molar-refractivity contribution in [1.82, 2.24) is 4.98 Å². The summed E-state index contributed by atoms with van der Waals surface area (Å²) in [6.45, 7) is 0. The van der Waals surface area contributed by atoms with Gasteiger partial charge in [-0.25, -0.2) is 4.98 Å². The highest BCUT2D eigenvalue weighted by Crippen LogP contribution is 2.19. The molecule has 4 heteroatoms. The number of rotatable bonds is 2. The van der Waals surface area contributed by atoms with Gasteiger partial charge in [-0.15, -0.1) is 11.6 Å². The summed E-state index contributed by atoms with van der Waals surface area (Å²) in [4.78, 5) is 4.07. The second-order valence-electron chi connectivity index (χ2n) is 1.94. The SMILES string of the molecule is COc1nc(Br)ccc1CCl. The number of hydrogen-bond donors (Lipinski definition) is 0. The molecular weight excluding hydrogens is 229 g/mol. The molecule has 0 atom stereocenters. The fourth-order valence-electron chi connectivity index (χ4n) is 0.725. The van der Waals surface area contributed by atoms with Gasteiger partial charge in [-0.2, -0.15) is 0 Å². The minimum absolute atomic E-state index is 0.420. The third-order valence-electron chi connectivity index (χ3n) is 1.24. The van der Waals surface area contributed by atoms with Gasteiger partial charge in [0.2, 0.25) is 5.88 Å². The molecule has 0 aliphatic rings. The highest BCUT2D eigenvalue weighted by molar-refractivity contribution is 9.10. The first-order valence-corrected chi connectivity index (χ1v) is 4.36. The van der Waals surface area contributed by atoms with Gasteiger partial charge in [0.15, 0.2) is 0 Å². The van der Waals surface area contributed by atoms with Crippen molar-refractivity contribution in [1.29, 1.82) is 0 Å². The van der Waals surface area contributed by atoms with E-state index in [1.54, 1.807) is 7.11 Å². The van der Waals surface area contributed by atoms with Gasteiger partial charge in [0.05, 0.1) is 13.0 Å². The fraction of sp³-hybridized carbons (Fsp3) is 0.286. The van der Waals surface area contributed by atoms with E-state index in [1.807, 2.05) is 12.1 Å². The van der Waals surface area contributed by atoms with Gasteiger partial charge in [0, 0.05) is 5.56 Å². The molecule has 0 saturated heterocycles. The van der Waals surface area contributed by atoms with Gasteiger partial charge < -0.3 is 4.74 Å². The Balaban J connectivity index is 3.06. The molecule has 0 aromatic carbocycles. The van der Waals surface area contributed by atoms with E-state index in [9.17, 15) is 0 Å². The standard InChI is InChI=1S/C7H7BrClNO/c1-11-7-5(4-9)2-3-6(8)10-7/h2-3H,4H2,1H3. The molecule has 0 saturated carbocycles. The van der Waals surface area contributed by atoms with E-state index in [4.69, 9.17) is 16.3 Å². The van der Waals surface area contributed by atoms with Crippen LogP contribution in [0.2, 0.25) is 0 Å². The van der Waals surface area contributed by atoms with E-state index in [0.717, 1.165) is 10.2 Å². The maximum atomic E-state index is 5.63. The molecule has 1 aromatic heterocycles. The third-order valence-corrected chi connectivity index (χ3v) is 1.97. The average molecular weight is 236 g/mol. The number of alkyl halides is 1. The summed E-state index contributed by atoms with van der Waals surface area (Å²) >= 11 is 8.86. The molecule has 0 unspecified atom stereocenters. The summed E-state index contributed by atoms with van der Waals surface area (Å²) in [7, 11) is 1.57. The number of ether oxygens (including phenoxy) is 1. The molecule has 2 nitrogen and oxygen atoms in total. The van der Waals surface area contributed by atoms with Gasteiger partial charge in [0.25, 0.3) is 0 Å². The number of aromatic nitrogens is 1. The quantitative estimate of drug-likeness (QED) is 0.582. The molecule has 0 amide bonds. The van der Waals surface area contributed by atoms with Crippen molar-refractivity contribution in [3.63, 3.8) is 0 Å². The summed E-state index contributed by atoms with van der Waals surface area (Å²) in [6.07, 6.45) is 0. The summed E-state index contributed by atoms with van der Waals surface area (Å²) in [5.74, 6) is 0.998. The van der Waals surface area contributed by atoms with Gasteiger partial charge in [-0.1, -0.05) is 0 Å². The minimum atomic E-state index is 0.420. The second-order valence-corrected chi connectivity index (χ2v) is 3.02. The normalized spacial score (nSPS) is 9.73. The highest BCUT2D eigenvalue weighted by atomic mass is 79.9. The lowest BCUT2D eigenvalue weighted by Crippen LogP contribution is -1.92. The Labute approximate surface area is 78.7 Å². The summed E-state index contributed by atoms with van der Waals surface area (Å²) in [5.41, 5.74) is 0.900. The Hall–Kier alpha value is -0.280. The Morgan fingerprint density at radius 1 is 1.64 bits per heavy atom. The van der Waals surface area contributed by atoms with Crippen LogP contribution in [0.3, 0.4) is 0 Å². The zero-order valence-corrected chi connectivity index (χ0v) is 8.32. The van der Waals surface area contributed by atoms with Gasteiger partial charge in [0.1, 0.15) is 4.60 Å². The molecule has 0 bridgehead atoms. The summed E-state index contributed by atoms with van der Waals surface area (Å²) in [5, 5.41) is 0. The van der Waals surface area contributed by atoms with E-state index >= 15 is 0 Å². The van der Waals surface area contributed by atoms with Crippen LogP contribution in [0.1, 0.15) is 5.56 Å². The van der Waals surface area contributed by atoms with E-state index in [1.165, 1.54) is 0 Å². The average Bonchev–Trinajstić information content (AvgIpc) is 2.04. The molecule has 0 aliphatic heterocycles. The first kappa shape index (κ1) is 8.81. The summed E-state index contributed by atoms with van der Waals surface area (Å²) < 4.78 is 5.74. The maximum Gasteiger partial charge on any atom is 0.218 e. The Morgan fingerprint density at radius 2 is 2.36 bits per heavy atom. The molecular formula is C7H7BrClNO. The smallest absolute Gasteiger partial charge is 0.218 e. The molecule has 1 aromatic rings. The number of pyridine rings is 1. The molecule has 0 N–H and O–H groups in total. The van der Waals surface area contributed by atoms with Gasteiger partial charge in [-0.3, -0.25) is 0 Å². The van der Waals surface area contributed by atoms with Crippen LogP contribution in [-0.4, -0.2) is 12.1 Å². The summed E-state index contributed by atoms with van der Waals surface area (Å²) in [6, 6.07) is 3.71. The fourth-order valence-corrected chi connectivity index (χ4v) is 1.22. The molecule has 0 radical (unpaired) electrons. The number of halogens is 2. The zero-order valence-electron chi connectivity index (χ0n) is 5.97. The van der Waals surface area contributed by atoms with Crippen molar-refractivity contribution in [3.8, 4) is 5.88 Å². The van der Waals surface area contributed by atoms with Crippen LogP contribution >= 0.6 is 27.5 Å². The Morgan fingerprint density at radius 3 is 2.91 bits per heavy atom. The molecule has 1 heterocycles. The van der Waals surface area contributed by atoms with Crippen LogP contribution in [0.15, 0.2) is 16.7 Å². The van der Waals surface area contributed by atoms with Crippen LogP contribution < -0.4 is 4.74 Å². The van der Waals surface area contributed by atoms with Crippen molar-refractivity contribution in [2.75, 3.05) is 7.11 Å². The largest absolute Gasteiger partial charge is 0.481 e. The predicted octanol–water partition coefficient (Wildman–Crippen LogP) is 2.59. The minimum Gasteiger partial charge on any atom is -0.481 e. The van der Waals surface area contributed by atoms with Gasteiger partial charge >= 0.3 is 0 Å². The third kappa shape index (κ3) is 2.07. The topological polar surface area (TPSA) is 22.1 Å². The molecule has 0 fully saturated rings. The van der Waals surface area contributed by atoms with Crippen LogP contribution in [0, 0.1) is 0 Å². The van der Waals surface area contributed by atoms with E-state index < -0.39 is 0 Å². The van der Waals surface area contributed by atoms with Crippen molar-refractivity contribution in [3.05, 3.63) is 22.3 Å². The van der Waals surface area contributed by atoms with Crippen LogP contribution in [0.5, 0.6) is 5.88 Å². The van der Waals surface area contributed by atoms with Crippen molar-refractivity contribution >= 4 is 27.5 Å². The number of methoxy groups -OCH3 is 1. The van der Waals surface area contributed by atoms with Gasteiger partial charge in [-0.05, 0) is 28.1 Å². The van der Waals surface area contributed by atoms with Crippen molar-refractivity contribution < 1.29 is 4.74 Å². The van der Waals surface area contributed by atoms with E-state index in [2.05, 4.69) is 20.9 Å². The second kappa shape index (κ2) is 3.93. The number of nitrogens with zero attached hydrogens (tertiary/aromatic N) is 1. The van der Waals surface area contributed by atoms with Crippen molar-refractivity contribution in [2.24, 2.45) is 0 Å². The maximum absolute atomic E-state index is 5.63. The molecule has 0 spiro atoms. The highest BCUT2D eigenvalue weighted by Gasteiger charge is 2.02. The molecule has 11 heavy (non-hydrogen) atoms. The van der Waals surface area contributed by atoms with Crippen LogP contribution in [0.25, 0.3) is 0 Å². The van der Waals surface area contributed by atoms with Crippen molar-refractivity contribution in [2.45, 2.75) is 5.88 Å². The molecule has 1 rings (SSSR count). The lowest BCUT2D eigenvalue weighted by atomic mass is 10.3. The molecule has 0 aliphatic carbocycles. The van der Waals surface area contributed by atoms with Crippen LogP contribution in [0.4, 0.5) is 0 Å². The Kier molecular flexibility index (Phi) is 3.15. The lowest BCUT2D eigenvalue weighted by molar-refractivity contribution is 0.393. The number of hydrogen-bond acceptors (Lipinski definition) is 2. The first-order valence-electron chi connectivity index (χ1n) is 3.03. The van der Waals surface area contributed by atoms with E-state index in [0.29, 0.717) is 11.8 Å². The Bertz CT molecular complexity index is 254.